The van der Waals surface area contributed by atoms with Crippen molar-refractivity contribution in [3.63, 3.8) is 0 Å². The van der Waals surface area contributed by atoms with E-state index in [2.05, 4.69) is 15.6 Å². The summed E-state index contributed by atoms with van der Waals surface area (Å²) in [7, 11) is 0. The molecule has 27 heavy (non-hydrogen) atoms. The monoisotopic (exact) mass is 394 g/mol. The maximum Gasteiger partial charge on any atom is 0.410 e. The van der Waals surface area contributed by atoms with E-state index in [-0.39, 0.29) is 12.0 Å². The molecule has 0 bridgehead atoms. The lowest BCUT2D eigenvalue weighted by atomic mass is 9.89. The van der Waals surface area contributed by atoms with Gasteiger partial charge in [-0.05, 0) is 39.5 Å². The van der Waals surface area contributed by atoms with Gasteiger partial charge in [-0.25, -0.2) is 9.78 Å². The number of nitrogens with one attached hydrogen (secondary N) is 2. The molecule has 8 heteroatoms. The number of aromatic nitrogens is 1. The number of hydrogen-bond donors (Lipinski definition) is 2. The first-order valence-electron chi connectivity index (χ1n) is 9.80. The zero-order valence-corrected chi connectivity index (χ0v) is 17.2. The molecule has 2 fully saturated rings. The maximum atomic E-state index is 12.6. The molecule has 1 saturated carbocycles. The lowest BCUT2D eigenvalue weighted by Crippen LogP contribution is -2.57. The molecule has 1 saturated heterocycles. The highest BCUT2D eigenvalue weighted by atomic mass is 32.1. The second kappa shape index (κ2) is 8.56. The number of piperazine rings is 1. The largest absolute Gasteiger partial charge is 0.444 e. The Balaban J connectivity index is 1.54. The summed E-state index contributed by atoms with van der Waals surface area (Å²) in [6, 6.07) is -0.465. The van der Waals surface area contributed by atoms with E-state index >= 15 is 0 Å². The summed E-state index contributed by atoms with van der Waals surface area (Å²) in [6.07, 6.45) is 7.82. The summed E-state index contributed by atoms with van der Waals surface area (Å²) >= 11 is 1.57. The van der Waals surface area contributed by atoms with Crippen molar-refractivity contribution in [3.05, 3.63) is 11.1 Å². The molecule has 7 nitrogen and oxygen atoms in total. The molecular weight excluding hydrogens is 364 g/mol. The number of hydrogen-bond acceptors (Lipinski definition) is 6. The normalized spacial score (nSPS) is 21.7. The van der Waals surface area contributed by atoms with Crippen LogP contribution in [-0.4, -0.2) is 53.2 Å². The predicted molar refractivity (Wildman–Crippen MR) is 106 cm³/mol. The second-order valence-electron chi connectivity index (χ2n) is 8.33. The average molecular weight is 395 g/mol. The third kappa shape index (κ3) is 5.65. The highest BCUT2D eigenvalue weighted by Crippen LogP contribution is 2.36. The standard InChI is InChI=1S/C19H30N4O3S/c1-19(2,3)26-18(25)23-10-9-20-14(12-23)16(24)22-17-21-11-15(27-17)13-7-5-4-6-8-13/h11,13-14,20H,4-10,12H2,1-3H3,(H,21,22,24). The van der Waals surface area contributed by atoms with Gasteiger partial charge in [-0.3, -0.25) is 4.79 Å². The molecule has 2 amide bonds. The summed E-state index contributed by atoms with van der Waals surface area (Å²) < 4.78 is 5.41. The topological polar surface area (TPSA) is 83.6 Å². The molecule has 2 N–H and O–H groups in total. The van der Waals surface area contributed by atoms with Gasteiger partial charge >= 0.3 is 6.09 Å². The van der Waals surface area contributed by atoms with Crippen LogP contribution in [0, 0.1) is 0 Å². The Morgan fingerprint density at radius 1 is 1.30 bits per heavy atom. The fourth-order valence-corrected chi connectivity index (χ4v) is 4.52. The molecule has 0 aromatic carbocycles. The van der Waals surface area contributed by atoms with Gasteiger partial charge in [0.1, 0.15) is 11.6 Å². The lowest BCUT2D eigenvalue weighted by Gasteiger charge is -2.34. The third-order valence-corrected chi connectivity index (χ3v) is 5.98. The van der Waals surface area contributed by atoms with E-state index in [4.69, 9.17) is 4.74 Å². The van der Waals surface area contributed by atoms with Crippen LogP contribution in [0.25, 0.3) is 0 Å². The molecule has 150 valence electrons. The quantitative estimate of drug-likeness (QED) is 0.821. The first-order chi connectivity index (χ1) is 12.8. The number of carbonyl (C=O) groups excluding carboxylic acids is 2. The molecule has 1 aliphatic carbocycles. The van der Waals surface area contributed by atoms with Crippen LogP contribution >= 0.6 is 11.3 Å². The predicted octanol–water partition coefficient (Wildman–Crippen LogP) is 3.34. The first kappa shape index (κ1) is 20.1. The average Bonchev–Trinajstić information content (AvgIpc) is 3.09. The van der Waals surface area contributed by atoms with E-state index in [0.717, 1.165) is 0 Å². The molecule has 2 heterocycles. The number of anilines is 1. The van der Waals surface area contributed by atoms with E-state index in [1.165, 1.54) is 37.0 Å². The number of nitrogens with zero attached hydrogens (tertiary/aromatic N) is 2. The van der Waals surface area contributed by atoms with Crippen molar-refractivity contribution in [1.29, 1.82) is 0 Å². The Morgan fingerprint density at radius 3 is 2.74 bits per heavy atom. The summed E-state index contributed by atoms with van der Waals surface area (Å²) in [4.78, 5) is 32.1. The van der Waals surface area contributed by atoms with Crippen LogP contribution in [0.2, 0.25) is 0 Å². The molecular formula is C19H30N4O3S. The van der Waals surface area contributed by atoms with Gasteiger partial charge in [0.2, 0.25) is 5.91 Å². The third-order valence-electron chi connectivity index (χ3n) is 4.90. The van der Waals surface area contributed by atoms with Crippen molar-refractivity contribution in [1.82, 2.24) is 15.2 Å². The van der Waals surface area contributed by atoms with Crippen molar-refractivity contribution >= 4 is 28.5 Å². The molecule has 2 aliphatic rings. The molecule has 1 unspecified atom stereocenters. The molecule has 0 radical (unpaired) electrons. The summed E-state index contributed by atoms with van der Waals surface area (Å²) in [5.41, 5.74) is -0.546. The molecule has 1 aromatic rings. The minimum atomic E-state index is -0.546. The number of carbonyl (C=O) groups is 2. The van der Waals surface area contributed by atoms with E-state index in [0.29, 0.717) is 30.7 Å². The first-order valence-corrected chi connectivity index (χ1v) is 10.6. The van der Waals surface area contributed by atoms with E-state index in [1.807, 2.05) is 27.0 Å². The molecule has 1 aromatic heterocycles. The van der Waals surface area contributed by atoms with Crippen LogP contribution in [0.4, 0.5) is 9.93 Å². The maximum absolute atomic E-state index is 12.6. The van der Waals surface area contributed by atoms with Gasteiger partial charge in [0.25, 0.3) is 0 Å². The van der Waals surface area contributed by atoms with Gasteiger partial charge in [0, 0.05) is 30.7 Å². The zero-order valence-electron chi connectivity index (χ0n) is 16.4. The molecule has 1 atom stereocenters. The fourth-order valence-electron chi connectivity index (χ4n) is 3.53. The van der Waals surface area contributed by atoms with Crippen molar-refractivity contribution in [3.8, 4) is 0 Å². The Bertz CT molecular complexity index is 664. The second-order valence-corrected chi connectivity index (χ2v) is 9.39. The fraction of sp³-hybridized carbons (Fsp3) is 0.737. The van der Waals surface area contributed by atoms with Crippen molar-refractivity contribution in [2.45, 2.75) is 70.4 Å². The van der Waals surface area contributed by atoms with Gasteiger partial charge in [0.15, 0.2) is 5.13 Å². The number of amides is 2. The van der Waals surface area contributed by atoms with E-state index in [1.54, 1.807) is 16.2 Å². The van der Waals surface area contributed by atoms with Crippen molar-refractivity contribution < 1.29 is 14.3 Å². The minimum absolute atomic E-state index is 0.159. The van der Waals surface area contributed by atoms with E-state index in [9.17, 15) is 9.59 Å². The highest BCUT2D eigenvalue weighted by molar-refractivity contribution is 7.15. The highest BCUT2D eigenvalue weighted by Gasteiger charge is 2.31. The van der Waals surface area contributed by atoms with Crippen LogP contribution < -0.4 is 10.6 Å². The number of thiazole rings is 1. The van der Waals surface area contributed by atoms with Gasteiger partial charge in [-0.15, -0.1) is 11.3 Å². The lowest BCUT2D eigenvalue weighted by molar-refractivity contribution is -0.119. The van der Waals surface area contributed by atoms with Gasteiger partial charge in [0.05, 0.1) is 0 Å². The van der Waals surface area contributed by atoms with Crippen molar-refractivity contribution in [2.75, 3.05) is 25.0 Å². The Hall–Kier alpha value is -1.67. The Morgan fingerprint density at radius 2 is 2.04 bits per heavy atom. The smallest absolute Gasteiger partial charge is 0.410 e. The van der Waals surface area contributed by atoms with E-state index < -0.39 is 11.6 Å². The van der Waals surface area contributed by atoms with Gasteiger partial charge in [-0.2, -0.15) is 0 Å². The summed E-state index contributed by atoms with van der Waals surface area (Å²) in [5, 5.41) is 6.71. The molecule has 0 spiro atoms. The van der Waals surface area contributed by atoms with Gasteiger partial charge < -0.3 is 20.3 Å². The van der Waals surface area contributed by atoms with Gasteiger partial charge in [-0.1, -0.05) is 19.3 Å². The van der Waals surface area contributed by atoms with Crippen LogP contribution in [-0.2, 0) is 9.53 Å². The minimum Gasteiger partial charge on any atom is -0.444 e. The molecule has 1 aliphatic heterocycles. The van der Waals surface area contributed by atoms with Crippen LogP contribution in [0.15, 0.2) is 6.20 Å². The number of ether oxygens (including phenoxy) is 1. The zero-order chi connectivity index (χ0) is 19.4. The Kier molecular flexibility index (Phi) is 6.37. The number of rotatable bonds is 3. The summed E-state index contributed by atoms with van der Waals surface area (Å²) in [5.74, 6) is 0.421. The Labute approximate surface area is 164 Å². The summed E-state index contributed by atoms with van der Waals surface area (Å²) in [6.45, 7) is 6.89. The van der Waals surface area contributed by atoms with Crippen LogP contribution in [0.5, 0.6) is 0 Å². The van der Waals surface area contributed by atoms with Crippen LogP contribution in [0.1, 0.15) is 63.7 Å². The van der Waals surface area contributed by atoms with Crippen molar-refractivity contribution in [2.24, 2.45) is 0 Å². The SMILES string of the molecule is CC(C)(C)OC(=O)N1CCNC(C(=O)Nc2ncc(C3CCCCC3)s2)C1. The molecule has 3 rings (SSSR count). The van der Waals surface area contributed by atoms with Crippen LogP contribution in [0.3, 0.4) is 0 Å².